The highest BCUT2D eigenvalue weighted by atomic mass is 32.1. The predicted molar refractivity (Wildman–Crippen MR) is 95.8 cm³/mol. The van der Waals surface area contributed by atoms with Gasteiger partial charge in [-0.3, -0.25) is 4.79 Å². The van der Waals surface area contributed by atoms with Crippen molar-refractivity contribution < 1.29 is 4.79 Å². The number of carbonyl (C=O) groups excluding carboxylic acids is 1. The second kappa shape index (κ2) is 6.22. The number of hydrogen-bond donors (Lipinski definition) is 2. The van der Waals surface area contributed by atoms with Gasteiger partial charge in [-0.2, -0.15) is 0 Å². The van der Waals surface area contributed by atoms with Crippen molar-refractivity contribution in [2.75, 3.05) is 11.1 Å². The molecule has 0 saturated carbocycles. The van der Waals surface area contributed by atoms with Crippen LogP contribution in [0.1, 0.15) is 20.8 Å². The summed E-state index contributed by atoms with van der Waals surface area (Å²) in [5.41, 5.74) is 10.0. The lowest BCUT2D eigenvalue weighted by molar-refractivity contribution is 0.102. The van der Waals surface area contributed by atoms with E-state index in [2.05, 4.69) is 10.3 Å². The second-order valence-corrected chi connectivity index (χ2v) is 6.54. The van der Waals surface area contributed by atoms with Gasteiger partial charge in [0.15, 0.2) is 5.13 Å². The third-order valence-corrected chi connectivity index (χ3v) is 4.42. The Kier molecular flexibility index (Phi) is 4.12. The number of thiazole rings is 1. The second-order valence-electron chi connectivity index (χ2n) is 5.30. The highest BCUT2D eigenvalue weighted by Gasteiger charge is 2.10. The molecular weight excluding hydrogens is 306 g/mol. The van der Waals surface area contributed by atoms with Crippen LogP contribution in [-0.4, -0.2) is 10.9 Å². The summed E-state index contributed by atoms with van der Waals surface area (Å²) < 4.78 is 0. The molecule has 3 aromatic rings. The first-order valence-corrected chi connectivity index (χ1v) is 8.06. The van der Waals surface area contributed by atoms with Gasteiger partial charge in [-0.05, 0) is 37.6 Å². The van der Waals surface area contributed by atoms with E-state index in [-0.39, 0.29) is 5.91 Å². The number of aromatic nitrogens is 1. The number of carbonyl (C=O) groups is 1. The van der Waals surface area contributed by atoms with E-state index in [9.17, 15) is 4.79 Å². The molecule has 4 nitrogen and oxygen atoms in total. The van der Waals surface area contributed by atoms with Gasteiger partial charge in [-0.25, -0.2) is 4.98 Å². The molecule has 116 valence electrons. The Balaban J connectivity index is 1.79. The molecule has 0 radical (unpaired) electrons. The summed E-state index contributed by atoms with van der Waals surface area (Å²) in [7, 11) is 0. The van der Waals surface area contributed by atoms with Crippen LogP contribution in [0, 0.1) is 13.8 Å². The molecule has 0 saturated heterocycles. The quantitative estimate of drug-likeness (QED) is 0.756. The number of nitrogen functional groups attached to an aromatic ring is 1. The molecule has 0 spiro atoms. The Morgan fingerprint density at radius 3 is 2.39 bits per heavy atom. The predicted octanol–water partition coefficient (Wildman–Crippen LogP) is 4.26. The maximum Gasteiger partial charge on any atom is 0.255 e. The Bertz CT molecular complexity index is 853. The largest absolute Gasteiger partial charge is 0.375 e. The van der Waals surface area contributed by atoms with Gasteiger partial charge in [-0.1, -0.05) is 30.3 Å². The van der Waals surface area contributed by atoms with E-state index in [0.29, 0.717) is 10.7 Å². The lowest BCUT2D eigenvalue weighted by Gasteiger charge is -2.08. The van der Waals surface area contributed by atoms with Gasteiger partial charge in [0, 0.05) is 21.7 Å². The number of anilines is 2. The van der Waals surface area contributed by atoms with Gasteiger partial charge in [0.1, 0.15) is 0 Å². The standard InChI is InChI=1S/C18H17N3OS/c1-11-5-3-4-6-15(11)17(22)20-14-9-7-13(8-10-14)16-12(2)23-18(19)21-16/h3-10H,1-2H3,(H2,19,21)(H,20,22). The van der Waals surface area contributed by atoms with Crippen molar-refractivity contribution in [3.05, 3.63) is 64.5 Å². The molecule has 1 heterocycles. The van der Waals surface area contributed by atoms with Crippen molar-refractivity contribution in [1.82, 2.24) is 4.98 Å². The molecule has 0 unspecified atom stereocenters. The smallest absolute Gasteiger partial charge is 0.255 e. The number of amides is 1. The molecule has 5 heteroatoms. The van der Waals surface area contributed by atoms with Crippen LogP contribution in [0.2, 0.25) is 0 Å². The zero-order chi connectivity index (χ0) is 16.4. The molecule has 2 aromatic carbocycles. The van der Waals surface area contributed by atoms with Crippen molar-refractivity contribution in [2.45, 2.75) is 13.8 Å². The summed E-state index contributed by atoms with van der Waals surface area (Å²) in [6.07, 6.45) is 0. The van der Waals surface area contributed by atoms with E-state index in [1.165, 1.54) is 11.3 Å². The van der Waals surface area contributed by atoms with Crippen LogP contribution in [0.5, 0.6) is 0 Å². The summed E-state index contributed by atoms with van der Waals surface area (Å²) in [4.78, 5) is 17.7. The maximum atomic E-state index is 12.3. The van der Waals surface area contributed by atoms with Gasteiger partial charge < -0.3 is 11.1 Å². The van der Waals surface area contributed by atoms with Gasteiger partial charge in [0.05, 0.1) is 5.69 Å². The lowest BCUT2D eigenvalue weighted by Crippen LogP contribution is -2.13. The van der Waals surface area contributed by atoms with Crippen molar-refractivity contribution in [3.8, 4) is 11.3 Å². The van der Waals surface area contributed by atoms with Gasteiger partial charge >= 0.3 is 0 Å². The van der Waals surface area contributed by atoms with E-state index in [1.807, 2.05) is 62.4 Å². The minimum absolute atomic E-state index is 0.107. The number of hydrogen-bond acceptors (Lipinski definition) is 4. The van der Waals surface area contributed by atoms with Crippen molar-refractivity contribution in [1.29, 1.82) is 0 Å². The van der Waals surface area contributed by atoms with Crippen LogP contribution in [0.15, 0.2) is 48.5 Å². The minimum Gasteiger partial charge on any atom is -0.375 e. The van der Waals surface area contributed by atoms with E-state index < -0.39 is 0 Å². The third-order valence-electron chi connectivity index (χ3n) is 3.62. The minimum atomic E-state index is -0.107. The fraction of sp³-hybridized carbons (Fsp3) is 0.111. The number of rotatable bonds is 3. The molecule has 0 bridgehead atoms. The zero-order valence-electron chi connectivity index (χ0n) is 13.0. The third kappa shape index (κ3) is 3.24. The Hall–Kier alpha value is -2.66. The molecule has 0 aliphatic heterocycles. The molecule has 3 rings (SSSR count). The fourth-order valence-corrected chi connectivity index (χ4v) is 3.13. The number of nitrogens with one attached hydrogen (secondary N) is 1. The van der Waals surface area contributed by atoms with Gasteiger partial charge in [-0.15, -0.1) is 11.3 Å². The Morgan fingerprint density at radius 2 is 1.78 bits per heavy atom. The normalized spacial score (nSPS) is 10.5. The van der Waals surface area contributed by atoms with E-state index in [0.717, 1.165) is 27.4 Å². The maximum absolute atomic E-state index is 12.3. The van der Waals surface area contributed by atoms with E-state index in [4.69, 9.17) is 5.73 Å². The highest BCUT2D eigenvalue weighted by Crippen LogP contribution is 2.29. The number of benzene rings is 2. The van der Waals surface area contributed by atoms with Crippen LogP contribution in [-0.2, 0) is 0 Å². The van der Waals surface area contributed by atoms with Crippen LogP contribution in [0.25, 0.3) is 11.3 Å². The first kappa shape index (κ1) is 15.2. The monoisotopic (exact) mass is 323 g/mol. The van der Waals surface area contributed by atoms with Gasteiger partial charge in [0.2, 0.25) is 0 Å². The molecule has 0 atom stereocenters. The molecule has 1 aromatic heterocycles. The van der Waals surface area contributed by atoms with Crippen LogP contribution < -0.4 is 11.1 Å². The molecule has 1 amide bonds. The fourth-order valence-electron chi connectivity index (χ4n) is 2.42. The number of aryl methyl sites for hydroxylation is 2. The van der Waals surface area contributed by atoms with E-state index >= 15 is 0 Å². The lowest BCUT2D eigenvalue weighted by atomic mass is 10.1. The topological polar surface area (TPSA) is 68.0 Å². The number of nitrogens with zero attached hydrogens (tertiary/aromatic N) is 1. The van der Waals surface area contributed by atoms with Crippen LogP contribution >= 0.6 is 11.3 Å². The van der Waals surface area contributed by atoms with Gasteiger partial charge in [0.25, 0.3) is 5.91 Å². The summed E-state index contributed by atoms with van der Waals surface area (Å²) in [6.45, 7) is 3.92. The van der Waals surface area contributed by atoms with Crippen molar-refractivity contribution >= 4 is 28.1 Å². The molecule has 0 aliphatic carbocycles. The van der Waals surface area contributed by atoms with Crippen LogP contribution in [0.4, 0.5) is 10.8 Å². The highest BCUT2D eigenvalue weighted by molar-refractivity contribution is 7.15. The Labute approximate surface area is 139 Å². The Morgan fingerprint density at radius 1 is 1.09 bits per heavy atom. The summed E-state index contributed by atoms with van der Waals surface area (Å²) in [5.74, 6) is -0.107. The first-order chi connectivity index (χ1) is 11.0. The first-order valence-electron chi connectivity index (χ1n) is 7.25. The summed E-state index contributed by atoms with van der Waals surface area (Å²) >= 11 is 1.47. The van der Waals surface area contributed by atoms with E-state index in [1.54, 1.807) is 0 Å². The van der Waals surface area contributed by atoms with Crippen LogP contribution in [0.3, 0.4) is 0 Å². The SMILES string of the molecule is Cc1ccccc1C(=O)Nc1ccc(-c2nc(N)sc2C)cc1. The average Bonchev–Trinajstić information content (AvgIpc) is 2.87. The van der Waals surface area contributed by atoms with Crippen molar-refractivity contribution in [3.63, 3.8) is 0 Å². The summed E-state index contributed by atoms with van der Waals surface area (Å²) in [5, 5.41) is 3.48. The zero-order valence-corrected chi connectivity index (χ0v) is 13.8. The number of nitrogens with two attached hydrogens (primary N) is 1. The molecule has 0 aliphatic rings. The molecule has 23 heavy (non-hydrogen) atoms. The molecule has 0 fully saturated rings. The average molecular weight is 323 g/mol. The molecule has 3 N–H and O–H groups in total. The molecular formula is C18H17N3OS. The summed E-state index contributed by atoms with van der Waals surface area (Å²) in [6, 6.07) is 15.2. The van der Waals surface area contributed by atoms with Crippen molar-refractivity contribution in [2.24, 2.45) is 0 Å².